The van der Waals surface area contributed by atoms with E-state index in [1.807, 2.05) is 20.8 Å². The van der Waals surface area contributed by atoms with E-state index in [0.29, 0.717) is 11.4 Å². The number of methoxy groups -OCH3 is 1. The van der Waals surface area contributed by atoms with Crippen LogP contribution >= 0.6 is 0 Å². The zero-order valence-electron chi connectivity index (χ0n) is 12.3. The van der Waals surface area contributed by atoms with E-state index in [2.05, 4.69) is 10.5 Å². The normalized spacial score (nSPS) is 12.0. The standard InChI is InChI=1S/C14H17N3O4/c1-8(14-9(2)16-21-10(14)3)15-11-5-12(17(18)19)7-13(6-11)20-4/h5-8,15H,1-4H3. The second-order valence-electron chi connectivity index (χ2n) is 4.78. The maximum atomic E-state index is 10.9. The number of aryl methyl sites for hydroxylation is 2. The summed E-state index contributed by atoms with van der Waals surface area (Å²) in [6, 6.07) is 4.47. The first kappa shape index (κ1) is 14.8. The topological polar surface area (TPSA) is 90.4 Å². The number of rotatable bonds is 5. The minimum Gasteiger partial charge on any atom is -0.496 e. The molecule has 0 saturated heterocycles. The number of aromatic nitrogens is 1. The van der Waals surface area contributed by atoms with Gasteiger partial charge in [-0.25, -0.2) is 0 Å². The fourth-order valence-corrected chi connectivity index (χ4v) is 2.32. The first-order chi connectivity index (χ1) is 9.92. The van der Waals surface area contributed by atoms with E-state index in [4.69, 9.17) is 9.26 Å². The van der Waals surface area contributed by atoms with Gasteiger partial charge < -0.3 is 14.6 Å². The van der Waals surface area contributed by atoms with Gasteiger partial charge in [0.15, 0.2) is 0 Å². The summed E-state index contributed by atoms with van der Waals surface area (Å²) in [7, 11) is 1.47. The van der Waals surface area contributed by atoms with Crippen LogP contribution in [0.15, 0.2) is 22.7 Å². The van der Waals surface area contributed by atoms with Crippen LogP contribution in [0, 0.1) is 24.0 Å². The largest absolute Gasteiger partial charge is 0.496 e. The number of nitro benzene ring substituents is 1. The lowest BCUT2D eigenvalue weighted by atomic mass is 10.1. The van der Waals surface area contributed by atoms with Gasteiger partial charge in [-0.05, 0) is 20.8 Å². The third kappa shape index (κ3) is 3.13. The number of non-ortho nitro benzene ring substituents is 1. The summed E-state index contributed by atoms with van der Waals surface area (Å²) in [4.78, 5) is 10.5. The number of nitro groups is 1. The Hall–Kier alpha value is -2.57. The molecule has 0 saturated carbocycles. The molecule has 0 bridgehead atoms. The Kier molecular flexibility index (Phi) is 4.11. The van der Waals surface area contributed by atoms with Crippen molar-refractivity contribution in [1.82, 2.24) is 5.16 Å². The van der Waals surface area contributed by atoms with E-state index in [1.165, 1.54) is 19.2 Å². The average molecular weight is 291 g/mol. The van der Waals surface area contributed by atoms with E-state index >= 15 is 0 Å². The molecule has 0 spiro atoms. The van der Waals surface area contributed by atoms with Crippen LogP contribution in [0.3, 0.4) is 0 Å². The maximum absolute atomic E-state index is 10.9. The summed E-state index contributed by atoms with van der Waals surface area (Å²) < 4.78 is 10.2. The number of benzene rings is 1. The number of ether oxygens (including phenoxy) is 1. The predicted molar refractivity (Wildman–Crippen MR) is 77.7 cm³/mol. The number of nitrogens with one attached hydrogen (secondary N) is 1. The molecule has 1 heterocycles. The summed E-state index contributed by atoms with van der Waals surface area (Å²) in [6.07, 6.45) is 0. The van der Waals surface area contributed by atoms with E-state index < -0.39 is 4.92 Å². The highest BCUT2D eigenvalue weighted by Gasteiger charge is 2.18. The SMILES string of the molecule is COc1cc(NC(C)c2c(C)noc2C)cc([N+](=O)[O-])c1. The molecule has 112 valence electrons. The second-order valence-corrected chi connectivity index (χ2v) is 4.78. The summed E-state index contributed by atoms with van der Waals surface area (Å²) in [5, 5.41) is 18.1. The van der Waals surface area contributed by atoms with Crippen LogP contribution in [-0.2, 0) is 0 Å². The number of hydrogen-bond acceptors (Lipinski definition) is 6. The van der Waals surface area contributed by atoms with Gasteiger partial charge in [-0.3, -0.25) is 10.1 Å². The molecule has 1 unspecified atom stereocenters. The minimum absolute atomic E-state index is 0.0252. The van der Waals surface area contributed by atoms with Crippen LogP contribution in [0.4, 0.5) is 11.4 Å². The Morgan fingerprint density at radius 1 is 1.38 bits per heavy atom. The fourth-order valence-electron chi connectivity index (χ4n) is 2.32. The highest BCUT2D eigenvalue weighted by Crippen LogP contribution is 2.30. The van der Waals surface area contributed by atoms with E-state index in [-0.39, 0.29) is 11.7 Å². The molecule has 1 aromatic heterocycles. The molecule has 7 nitrogen and oxygen atoms in total. The molecule has 0 aliphatic carbocycles. The van der Waals surface area contributed by atoms with Crippen molar-refractivity contribution >= 4 is 11.4 Å². The molecule has 0 fully saturated rings. The first-order valence-corrected chi connectivity index (χ1v) is 6.45. The van der Waals surface area contributed by atoms with Crippen LogP contribution in [-0.4, -0.2) is 17.2 Å². The quantitative estimate of drug-likeness (QED) is 0.670. The van der Waals surface area contributed by atoms with Gasteiger partial charge in [-0.2, -0.15) is 0 Å². The number of anilines is 1. The van der Waals surface area contributed by atoms with Crippen LogP contribution in [0.1, 0.15) is 30.0 Å². The van der Waals surface area contributed by atoms with Crippen molar-refractivity contribution < 1.29 is 14.2 Å². The highest BCUT2D eigenvalue weighted by molar-refractivity contribution is 5.57. The maximum Gasteiger partial charge on any atom is 0.275 e. The van der Waals surface area contributed by atoms with Crippen LogP contribution < -0.4 is 10.1 Å². The van der Waals surface area contributed by atoms with Crippen molar-refractivity contribution in [2.75, 3.05) is 12.4 Å². The Morgan fingerprint density at radius 2 is 2.10 bits per heavy atom. The Balaban J connectivity index is 2.30. The number of hydrogen-bond donors (Lipinski definition) is 1. The third-order valence-electron chi connectivity index (χ3n) is 3.24. The molecule has 0 aliphatic rings. The highest BCUT2D eigenvalue weighted by atomic mass is 16.6. The lowest BCUT2D eigenvalue weighted by Crippen LogP contribution is -2.08. The van der Waals surface area contributed by atoms with Crippen LogP contribution in [0.2, 0.25) is 0 Å². The van der Waals surface area contributed by atoms with Gasteiger partial charge in [0.2, 0.25) is 0 Å². The lowest BCUT2D eigenvalue weighted by Gasteiger charge is -2.15. The summed E-state index contributed by atoms with van der Waals surface area (Å²) in [5.74, 6) is 1.16. The molecule has 1 atom stereocenters. The molecule has 0 amide bonds. The number of nitrogens with zero attached hydrogens (tertiary/aromatic N) is 2. The smallest absolute Gasteiger partial charge is 0.275 e. The van der Waals surface area contributed by atoms with Gasteiger partial charge in [-0.1, -0.05) is 5.16 Å². The molecule has 7 heteroatoms. The van der Waals surface area contributed by atoms with Crippen molar-refractivity contribution in [2.45, 2.75) is 26.8 Å². The summed E-state index contributed by atoms with van der Waals surface area (Å²) in [6.45, 7) is 5.64. The molecular formula is C14H17N3O4. The molecule has 2 rings (SSSR count). The molecule has 2 aromatic rings. The van der Waals surface area contributed by atoms with E-state index in [1.54, 1.807) is 6.07 Å². The van der Waals surface area contributed by atoms with Crippen molar-refractivity contribution in [3.8, 4) is 5.75 Å². The van der Waals surface area contributed by atoms with Gasteiger partial charge in [0.1, 0.15) is 11.5 Å². The van der Waals surface area contributed by atoms with Crippen molar-refractivity contribution in [1.29, 1.82) is 0 Å². The zero-order valence-corrected chi connectivity index (χ0v) is 12.3. The van der Waals surface area contributed by atoms with E-state index in [0.717, 1.165) is 17.0 Å². The third-order valence-corrected chi connectivity index (χ3v) is 3.24. The molecule has 21 heavy (non-hydrogen) atoms. The lowest BCUT2D eigenvalue weighted by molar-refractivity contribution is -0.384. The molecule has 1 N–H and O–H groups in total. The van der Waals surface area contributed by atoms with Gasteiger partial charge >= 0.3 is 0 Å². The van der Waals surface area contributed by atoms with Crippen LogP contribution in [0.25, 0.3) is 0 Å². The van der Waals surface area contributed by atoms with E-state index in [9.17, 15) is 10.1 Å². The van der Waals surface area contributed by atoms with Gasteiger partial charge in [0, 0.05) is 23.4 Å². The fraction of sp³-hybridized carbons (Fsp3) is 0.357. The predicted octanol–water partition coefficient (Wildman–Crippen LogP) is 3.38. The second kappa shape index (κ2) is 5.82. The van der Waals surface area contributed by atoms with Gasteiger partial charge in [-0.15, -0.1) is 0 Å². The van der Waals surface area contributed by atoms with Crippen LogP contribution in [0.5, 0.6) is 5.75 Å². The molecule has 1 aromatic carbocycles. The molecule has 0 aliphatic heterocycles. The van der Waals surface area contributed by atoms with Crippen molar-refractivity contribution in [2.24, 2.45) is 0 Å². The summed E-state index contributed by atoms with van der Waals surface area (Å²) >= 11 is 0. The Morgan fingerprint density at radius 3 is 2.62 bits per heavy atom. The van der Waals surface area contributed by atoms with Crippen molar-refractivity contribution in [3.63, 3.8) is 0 Å². The molecular weight excluding hydrogens is 274 g/mol. The minimum atomic E-state index is -0.450. The first-order valence-electron chi connectivity index (χ1n) is 6.45. The Bertz CT molecular complexity index is 647. The monoisotopic (exact) mass is 291 g/mol. The zero-order chi connectivity index (χ0) is 15.6. The molecule has 0 radical (unpaired) electrons. The van der Waals surface area contributed by atoms with Gasteiger partial charge in [0.05, 0.1) is 29.8 Å². The average Bonchev–Trinajstić information content (AvgIpc) is 2.77. The summed E-state index contributed by atoms with van der Waals surface area (Å²) in [5.41, 5.74) is 2.32. The Labute approximate surface area is 122 Å². The van der Waals surface area contributed by atoms with Gasteiger partial charge in [0.25, 0.3) is 5.69 Å². The van der Waals surface area contributed by atoms with Crippen molar-refractivity contribution in [3.05, 3.63) is 45.3 Å².